The van der Waals surface area contributed by atoms with Gasteiger partial charge in [-0.15, -0.1) is 0 Å². The minimum atomic E-state index is -0.359. The van der Waals surface area contributed by atoms with E-state index in [1.165, 1.54) is 6.07 Å². The van der Waals surface area contributed by atoms with Gasteiger partial charge in [0.05, 0.1) is 0 Å². The number of halogens is 4. The molecule has 0 nitrogen and oxygen atoms in total. The summed E-state index contributed by atoms with van der Waals surface area (Å²) in [4.78, 5) is 0. The standard InChI is InChI=1S/C14H8BrCl2F/c15-11-7-3-1-5-9(11)13(14(16)17)10-6-2-4-8-12(10)18/h1-8H. The molecule has 0 aliphatic heterocycles. The quantitative estimate of drug-likeness (QED) is 0.646. The van der Waals surface area contributed by atoms with Crippen molar-refractivity contribution in [2.75, 3.05) is 0 Å². The van der Waals surface area contributed by atoms with E-state index in [-0.39, 0.29) is 10.3 Å². The summed E-state index contributed by atoms with van der Waals surface area (Å²) in [6, 6.07) is 13.8. The molecular weight excluding hydrogens is 338 g/mol. The molecule has 0 atom stereocenters. The Labute approximate surface area is 123 Å². The lowest BCUT2D eigenvalue weighted by molar-refractivity contribution is 0.624. The molecule has 0 saturated heterocycles. The van der Waals surface area contributed by atoms with Gasteiger partial charge in [-0.3, -0.25) is 0 Å². The van der Waals surface area contributed by atoms with Gasteiger partial charge in [0.1, 0.15) is 10.3 Å². The first kappa shape index (κ1) is 13.6. The highest BCUT2D eigenvalue weighted by atomic mass is 79.9. The lowest BCUT2D eigenvalue weighted by atomic mass is 9.99. The Morgan fingerprint density at radius 2 is 1.44 bits per heavy atom. The van der Waals surface area contributed by atoms with Gasteiger partial charge in [-0.1, -0.05) is 75.5 Å². The molecule has 2 aromatic rings. The summed E-state index contributed by atoms with van der Waals surface area (Å²) in [5, 5.41) is 0. The Morgan fingerprint density at radius 3 is 2.00 bits per heavy atom. The van der Waals surface area contributed by atoms with E-state index in [1.807, 2.05) is 24.3 Å². The minimum Gasteiger partial charge on any atom is -0.206 e. The van der Waals surface area contributed by atoms with Crippen LogP contribution in [0.25, 0.3) is 5.57 Å². The molecule has 0 N–H and O–H groups in total. The van der Waals surface area contributed by atoms with Crippen LogP contribution in [-0.4, -0.2) is 0 Å². The molecule has 0 heterocycles. The van der Waals surface area contributed by atoms with Gasteiger partial charge in [0.2, 0.25) is 0 Å². The topological polar surface area (TPSA) is 0 Å². The molecule has 2 rings (SSSR count). The van der Waals surface area contributed by atoms with Crippen LogP contribution in [-0.2, 0) is 0 Å². The van der Waals surface area contributed by atoms with Crippen molar-refractivity contribution in [1.82, 2.24) is 0 Å². The van der Waals surface area contributed by atoms with Gasteiger partial charge >= 0.3 is 0 Å². The maximum atomic E-state index is 13.9. The van der Waals surface area contributed by atoms with Gasteiger partial charge in [0, 0.05) is 15.6 Å². The zero-order valence-electron chi connectivity index (χ0n) is 9.13. The molecule has 0 unspecified atom stereocenters. The molecule has 4 heteroatoms. The summed E-state index contributed by atoms with van der Waals surface area (Å²) in [6.07, 6.45) is 0. The van der Waals surface area contributed by atoms with Crippen LogP contribution in [0.5, 0.6) is 0 Å². The third-order valence-corrected chi connectivity index (χ3v) is 3.54. The molecule has 0 aromatic heterocycles. The van der Waals surface area contributed by atoms with Crippen LogP contribution in [0.1, 0.15) is 11.1 Å². The molecule has 0 bridgehead atoms. The first-order valence-corrected chi connectivity index (χ1v) is 6.71. The molecule has 0 radical (unpaired) electrons. The van der Waals surface area contributed by atoms with Crippen LogP contribution >= 0.6 is 39.1 Å². The van der Waals surface area contributed by atoms with Crippen molar-refractivity contribution >= 4 is 44.7 Å². The Hall–Kier alpha value is -0.830. The lowest BCUT2D eigenvalue weighted by Gasteiger charge is -2.11. The number of hydrogen-bond donors (Lipinski definition) is 0. The smallest absolute Gasteiger partial charge is 0.131 e. The van der Waals surface area contributed by atoms with E-state index in [2.05, 4.69) is 15.9 Å². The van der Waals surface area contributed by atoms with Crippen LogP contribution in [0.15, 0.2) is 57.5 Å². The van der Waals surface area contributed by atoms with Crippen molar-refractivity contribution < 1.29 is 4.39 Å². The normalized spacial score (nSPS) is 10.2. The predicted molar refractivity (Wildman–Crippen MR) is 78.3 cm³/mol. The molecule has 0 spiro atoms. The Morgan fingerprint density at radius 1 is 0.889 bits per heavy atom. The predicted octanol–water partition coefficient (Wildman–Crippen LogP) is 5.78. The average molecular weight is 346 g/mol. The van der Waals surface area contributed by atoms with Crippen LogP contribution in [0.4, 0.5) is 4.39 Å². The van der Waals surface area contributed by atoms with E-state index in [9.17, 15) is 4.39 Å². The number of hydrogen-bond acceptors (Lipinski definition) is 0. The van der Waals surface area contributed by atoms with Crippen molar-refractivity contribution in [2.45, 2.75) is 0 Å². The second-order valence-corrected chi connectivity index (χ2v) is 5.40. The van der Waals surface area contributed by atoms with Crippen LogP contribution in [0.2, 0.25) is 0 Å². The fourth-order valence-corrected chi connectivity index (χ4v) is 2.57. The van der Waals surface area contributed by atoms with E-state index < -0.39 is 0 Å². The fourth-order valence-electron chi connectivity index (χ4n) is 1.68. The summed E-state index contributed by atoms with van der Waals surface area (Å²) in [5.74, 6) is -0.359. The number of rotatable bonds is 2. The summed E-state index contributed by atoms with van der Waals surface area (Å²) in [5.41, 5.74) is 1.61. The van der Waals surface area contributed by atoms with Crippen molar-refractivity contribution in [3.63, 3.8) is 0 Å². The Balaban J connectivity index is 2.68. The highest BCUT2D eigenvalue weighted by Gasteiger charge is 2.15. The van der Waals surface area contributed by atoms with E-state index in [0.717, 1.165) is 10.0 Å². The van der Waals surface area contributed by atoms with Crippen LogP contribution < -0.4 is 0 Å². The number of benzene rings is 2. The third kappa shape index (κ3) is 2.77. The molecule has 2 aromatic carbocycles. The molecule has 0 fully saturated rings. The molecule has 0 amide bonds. The average Bonchev–Trinajstić information content (AvgIpc) is 2.34. The van der Waals surface area contributed by atoms with E-state index in [4.69, 9.17) is 23.2 Å². The molecule has 0 aliphatic carbocycles. The van der Waals surface area contributed by atoms with Crippen molar-refractivity contribution in [1.29, 1.82) is 0 Å². The molecule has 92 valence electrons. The monoisotopic (exact) mass is 344 g/mol. The zero-order valence-corrected chi connectivity index (χ0v) is 12.2. The maximum absolute atomic E-state index is 13.9. The first-order chi connectivity index (χ1) is 8.61. The Bertz CT molecular complexity index is 557. The Kier molecular flexibility index (Phi) is 4.44. The molecule has 18 heavy (non-hydrogen) atoms. The summed E-state index contributed by atoms with van der Waals surface area (Å²) in [6.45, 7) is 0. The summed E-state index contributed by atoms with van der Waals surface area (Å²) < 4.78 is 14.7. The van der Waals surface area contributed by atoms with E-state index in [1.54, 1.807) is 18.2 Å². The molecule has 0 saturated carbocycles. The van der Waals surface area contributed by atoms with Gasteiger partial charge in [-0.25, -0.2) is 4.39 Å². The van der Waals surface area contributed by atoms with E-state index in [0.29, 0.717) is 11.1 Å². The van der Waals surface area contributed by atoms with Crippen LogP contribution in [0.3, 0.4) is 0 Å². The van der Waals surface area contributed by atoms with Gasteiger partial charge < -0.3 is 0 Å². The lowest BCUT2D eigenvalue weighted by Crippen LogP contribution is -1.94. The van der Waals surface area contributed by atoms with Crippen LogP contribution in [0, 0.1) is 5.82 Å². The van der Waals surface area contributed by atoms with Gasteiger partial charge in [-0.05, 0) is 17.7 Å². The maximum Gasteiger partial charge on any atom is 0.131 e. The van der Waals surface area contributed by atoms with Crippen molar-refractivity contribution in [3.05, 3.63) is 74.4 Å². The summed E-state index contributed by atoms with van der Waals surface area (Å²) in [7, 11) is 0. The van der Waals surface area contributed by atoms with E-state index >= 15 is 0 Å². The van der Waals surface area contributed by atoms with Crippen molar-refractivity contribution in [2.24, 2.45) is 0 Å². The van der Waals surface area contributed by atoms with Gasteiger partial charge in [0.25, 0.3) is 0 Å². The first-order valence-electron chi connectivity index (χ1n) is 5.16. The SMILES string of the molecule is Fc1ccccc1C(=C(Cl)Cl)c1ccccc1Br. The second-order valence-electron chi connectivity index (χ2n) is 3.60. The summed E-state index contributed by atoms with van der Waals surface area (Å²) >= 11 is 15.2. The highest BCUT2D eigenvalue weighted by Crippen LogP contribution is 2.35. The van der Waals surface area contributed by atoms with Crippen molar-refractivity contribution in [3.8, 4) is 0 Å². The molecular formula is C14H8BrCl2F. The fraction of sp³-hybridized carbons (Fsp3) is 0. The zero-order chi connectivity index (χ0) is 13.1. The third-order valence-electron chi connectivity index (χ3n) is 2.48. The highest BCUT2D eigenvalue weighted by molar-refractivity contribution is 9.10. The largest absolute Gasteiger partial charge is 0.206 e. The van der Waals surface area contributed by atoms with Gasteiger partial charge in [-0.2, -0.15) is 0 Å². The minimum absolute atomic E-state index is 0.0343. The molecule has 0 aliphatic rings. The second kappa shape index (κ2) is 5.87. The van der Waals surface area contributed by atoms with Gasteiger partial charge in [0.15, 0.2) is 0 Å².